The van der Waals surface area contributed by atoms with Crippen LogP contribution in [0.15, 0.2) is 0 Å². The molecule has 3 fully saturated rings. The van der Waals surface area contributed by atoms with Crippen molar-refractivity contribution in [2.75, 3.05) is 44.2 Å². The molecule has 0 radical (unpaired) electrons. The Hall–Kier alpha value is -1.51. The third kappa shape index (κ3) is 3.70. The number of β-amino-alcohol motifs (C(OH)–C–C–N with tert-alkyl or cyclic N) is 1. The van der Waals surface area contributed by atoms with Gasteiger partial charge in [0.05, 0.1) is 16.8 Å². The molecular formula is C21H32FN5O2. The van der Waals surface area contributed by atoms with Gasteiger partial charge in [-0.2, -0.15) is 9.97 Å². The molecule has 4 aliphatic rings. The number of rotatable bonds is 4. The normalized spacial score (nSPS) is 34.9. The summed E-state index contributed by atoms with van der Waals surface area (Å²) in [6.45, 7) is 6.88. The van der Waals surface area contributed by atoms with E-state index in [9.17, 15) is 9.50 Å². The minimum absolute atomic E-state index is 0.202. The fourth-order valence-electron chi connectivity index (χ4n) is 5.69. The second-order valence-electron chi connectivity index (χ2n) is 9.57. The van der Waals surface area contributed by atoms with Crippen molar-refractivity contribution in [3.63, 3.8) is 0 Å². The lowest BCUT2D eigenvalue weighted by Gasteiger charge is -2.39. The molecule has 8 heteroatoms. The highest BCUT2D eigenvalue weighted by Gasteiger charge is 2.49. The number of alkyl halides is 1. The summed E-state index contributed by atoms with van der Waals surface area (Å²) in [4.78, 5) is 13.9. The van der Waals surface area contributed by atoms with Crippen LogP contribution in [0.2, 0.25) is 0 Å². The minimum atomic E-state index is -0.765. The van der Waals surface area contributed by atoms with Crippen LogP contribution in [0.4, 0.5) is 10.2 Å². The Bertz CT molecular complexity index is 776. The molecule has 7 nitrogen and oxygen atoms in total. The van der Waals surface area contributed by atoms with E-state index in [1.807, 2.05) is 6.92 Å². The Morgan fingerprint density at radius 1 is 1.28 bits per heavy atom. The summed E-state index contributed by atoms with van der Waals surface area (Å²) >= 11 is 0. The third-order valence-corrected chi connectivity index (χ3v) is 7.10. The number of hydrogen-bond donors (Lipinski definition) is 2. The molecule has 3 saturated heterocycles. The van der Waals surface area contributed by atoms with Gasteiger partial charge in [-0.1, -0.05) is 0 Å². The first-order valence-electron chi connectivity index (χ1n) is 11.0. The lowest BCUT2D eigenvalue weighted by molar-refractivity contribution is 0.0445. The Morgan fingerprint density at radius 2 is 2.14 bits per heavy atom. The molecule has 29 heavy (non-hydrogen) atoms. The monoisotopic (exact) mass is 405 g/mol. The molecule has 0 aromatic carbocycles. The van der Waals surface area contributed by atoms with Crippen molar-refractivity contribution in [3.05, 3.63) is 11.3 Å². The highest BCUT2D eigenvalue weighted by atomic mass is 19.1. The lowest BCUT2D eigenvalue weighted by atomic mass is 9.94. The van der Waals surface area contributed by atoms with E-state index in [2.05, 4.69) is 15.1 Å². The summed E-state index contributed by atoms with van der Waals surface area (Å²) in [5.41, 5.74) is 1.25. The number of nitrogens with one attached hydrogen (secondary N) is 1. The molecule has 1 aromatic heterocycles. The Morgan fingerprint density at radius 3 is 3.00 bits per heavy atom. The van der Waals surface area contributed by atoms with Gasteiger partial charge in [0.2, 0.25) is 0 Å². The van der Waals surface area contributed by atoms with Crippen molar-refractivity contribution >= 4 is 5.82 Å². The van der Waals surface area contributed by atoms with Crippen LogP contribution in [0.25, 0.3) is 0 Å². The van der Waals surface area contributed by atoms with Crippen LogP contribution in [0, 0.1) is 0 Å². The third-order valence-electron chi connectivity index (χ3n) is 7.10. The Balaban J connectivity index is 1.40. The van der Waals surface area contributed by atoms with E-state index in [4.69, 9.17) is 14.7 Å². The van der Waals surface area contributed by atoms with Crippen molar-refractivity contribution < 1.29 is 14.2 Å². The smallest absolute Gasteiger partial charge is 0.318 e. The van der Waals surface area contributed by atoms with E-state index in [0.29, 0.717) is 38.7 Å². The number of halogens is 1. The summed E-state index contributed by atoms with van der Waals surface area (Å²) in [6.07, 6.45) is 4.48. The van der Waals surface area contributed by atoms with Crippen molar-refractivity contribution in [2.45, 2.75) is 69.3 Å². The summed E-state index contributed by atoms with van der Waals surface area (Å²) in [5.74, 6) is 0.905. The maximum Gasteiger partial charge on any atom is 0.318 e. The zero-order valence-electron chi connectivity index (χ0n) is 17.3. The van der Waals surface area contributed by atoms with Crippen molar-refractivity contribution in [3.8, 4) is 6.01 Å². The fourth-order valence-corrected chi connectivity index (χ4v) is 5.69. The average molecular weight is 406 g/mol. The Kier molecular flexibility index (Phi) is 4.91. The molecule has 0 saturated carbocycles. The largest absolute Gasteiger partial charge is 0.461 e. The van der Waals surface area contributed by atoms with Gasteiger partial charge in [0.1, 0.15) is 18.6 Å². The van der Waals surface area contributed by atoms with Crippen LogP contribution in [0.3, 0.4) is 0 Å². The number of aromatic nitrogens is 2. The van der Waals surface area contributed by atoms with Gasteiger partial charge < -0.3 is 20.1 Å². The first-order chi connectivity index (χ1) is 13.9. The molecule has 160 valence electrons. The Labute approximate surface area is 171 Å². The highest BCUT2D eigenvalue weighted by Crippen LogP contribution is 2.40. The summed E-state index contributed by atoms with van der Waals surface area (Å²) in [7, 11) is 0. The van der Waals surface area contributed by atoms with E-state index in [-0.39, 0.29) is 5.54 Å². The maximum absolute atomic E-state index is 14.1. The van der Waals surface area contributed by atoms with Crippen LogP contribution in [0.1, 0.15) is 50.3 Å². The van der Waals surface area contributed by atoms with Gasteiger partial charge in [0.25, 0.3) is 0 Å². The van der Waals surface area contributed by atoms with Gasteiger partial charge in [-0.15, -0.1) is 0 Å². The van der Waals surface area contributed by atoms with Gasteiger partial charge in [0, 0.05) is 38.2 Å². The van der Waals surface area contributed by atoms with Crippen LogP contribution in [-0.2, 0) is 13.0 Å². The molecule has 1 aromatic rings. The molecule has 0 spiro atoms. The van der Waals surface area contributed by atoms with E-state index in [0.717, 1.165) is 63.3 Å². The molecule has 0 aliphatic carbocycles. The van der Waals surface area contributed by atoms with Gasteiger partial charge in [-0.05, 0) is 52.1 Å². The number of aliphatic hydroxyl groups is 1. The van der Waals surface area contributed by atoms with Crippen LogP contribution in [-0.4, -0.2) is 76.6 Å². The zero-order valence-corrected chi connectivity index (χ0v) is 17.3. The molecule has 3 atom stereocenters. The number of hydrogen-bond acceptors (Lipinski definition) is 7. The molecule has 5 heterocycles. The molecule has 1 unspecified atom stereocenters. The van der Waals surface area contributed by atoms with E-state index in [1.54, 1.807) is 0 Å². The van der Waals surface area contributed by atoms with E-state index in [1.165, 1.54) is 5.56 Å². The first kappa shape index (κ1) is 19.5. The van der Waals surface area contributed by atoms with Gasteiger partial charge in [-0.3, -0.25) is 4.90 Å². The number of anilines is 1. The lowest BCUT2D eigenvalue weighted by Crippen LogP contribution is -2.47. The molecule has 2 N–H and O–H groups in total. The van der Waals surface area contributed by atoms with Crippen LogP contribution < -0.4 is 15.0 Å². The predicted octanol–water partition coefficient (Wildman–Crippen LogP) is 1.43. The SMILES string of the molecule is CC1(O)CCCN(c2nc(OC[C@@]34CCCN3C[C@H](F)C4)nc3c2CCNC3)C1. The second-order valence-corrected chi connectivity index (χ2v) is 9.57. The van der Waals surface area contributed by atoms with Crippen molar-refractivity contribution in [1.82, 2.24) is 20.2 Å². The topological polar surface area (TPSA) is 73.8 Å². The zero-order chi connectivity index (χ0) is 20.1. The number of ether oxygens (including phenoxy) is 1. The quantitative estimate of drug-likeness (QED) is 0.785. The summed E-state index contributed by atoms with van der Waals surface area (Å²) in [6, 6.07) is 0.385. The van der Waals surface area contributed by atoms with Crippen LogP contribution in [0.5, 0.6) is 6.01 Å². The predicted molar refractivity (Wildman–Crippen MR) is 108 cm³/mol. The van der Waals surface area contributed by atoms with Gasteiger partial charge in [0.15, 0.2) is 0 Å². The van der Waals surface area contributed by atoms with Crippen LogP contribution >= 0.6 is 0 Å². The van der Waals surface area contributed by atoms with E-state index >= 15 is 0 Å². The van der Waals surface area contributed by atoms with Gasteiger partial charge >= 0.3 is 6.01 Å². The summed E-state index contributed by atoms with van der Waals surface area (Å²) in [5, 5.41) is 14.0. The molecular weight excluding hydrogens is 373 g/mol. The first-order valence-corrected chi connectivity index (χ1v) is 11.0. The molecule has 0 amide bonds. The minimum Gasteiger partial charge on any atom is -0.461 e. The standard InChI is InChI=1S/C21H32FN5O2/c1-20(28)5-2-8-26(13-20)18-16-4-7-23-11-17(16)24-19(25-18)29-14-21-6-3-9-27(21)12-15(22)10-21/h15,23,28H,2-14H2,1H3/t15-,20?,21+/m1/s1. The fraction of sp³-hybridized carbons (Fsp3) is 0.810. The second kappa shape index (κ2) is 7.32. The number of fused-ring (bicyclic) bond motifs is 2. The molecule has 4 aliphatic heterocycles. The highest BCUT2D eigenvalue weighted by molar-refractivity contribution is 5.52. The van der Waals surface area contributed by atoms with Crippen molar-refractivity contribution in [1.29, 1.82) is 0 Å². The van der Waals surface area contributed by atoms with Gasteiger partial charge in [-0.25, -0.2) is 4.39 Å². The maximum atomic E-state index is 14.1. The van der Waals surface area contributed by atoms with E-state index < -0.39 is 11.8 Å². The summed E-state index contributed by atoms with van der Waals surface area (Å²) < 4.78 is 20.2. The molecule has 0 bridgehead atoms. The van der Waals surface area contributed by atoms with Crippen molar-refractivity contribution in [2.24, 2.45) is 0 Å². The molecule has 5 rings (SSSR count). The number of nitrogens with zero attached hydrogens (tertiary/aromatic N) is 4. The number of piperidine rings is 1. The average Bonchev–Trinajstić information content (AvgIpc) is 3.20.